The minimum Gasteiger partial charge on any atom is -0.492 e. The van der Waals surface area contributed by atoms with Gasteiger partial charge in [0.1, 0.15) is 18.1 Å². The van der Waals surface area contributed by atoms with E-state index in [0.29, 0.717) is 12.8 Å². The van der Waals surface area contributed by atoms with Crippen LogP contribution in [0.25, 0.3) is 11.1 Å². The Hall–Kier alpha value is -2.95. The number of hydrogen-bond acceptors (Lipinski definition) is 4. The Labute approximate surface area is 197 Å². The molecule has 4 rings (SSSR count). The maximum absolute atomic E-state index is 12.4. The fourth-order valence-electron chi connectivity index (χ4n) is 4.17. The van der Waals surface area contributed by atoms with E-state index in [1.54, 1.807) is 0 Å². The van der Waals surface area contributed by atoms with Crippen LogP contribution in [0.4, 0.5) is 0 Å². The predicted molar refractivity (Wildman–Crippen MR) is 135 cm³/mol. The Morgan fingerprint density at radius 1 is 0.788 bits per heavy atom. The fraction of sp³-hybridized carbons (Fsp3) is 0.345. The molecule has 0 aliphatic carbocycles. The number of ether oxygens (including phenoxy) is 1. The van der Waals surface area contributed by atoms with Crippen molar-refractivity contribution in [2.45, 2.75) is 19.3 Å². The van der Waals surface area contributed by atoms with Crippen molar-refractivity contribution in [3.63, 3.8) is 0 Å². The van der Waals surface area contributed by atoms with Crippen molar-refractivity contribution in [2.75, 3.05) is 46.4 Å². The van der Waals surface area contributed by atoms with Crippen LogP contribution in [-0.4, -0.2) is 62.0 Å². The number of nitrogens with zero attached hydrogens (tertiary/aromatic N) is 2. The van der Waals surface area contributed by atoms with E-state index in [4.69, 9.17) is 4.74 Å². The third-order valence-electron chi connectivity index (χ3n) is 6.35. The summed E-state index contributed by atoms with van der Waals surface area (Å²) in [6, 6.07) is 26.8. The van der Waals surface area contributed by atoms with Crippen LogP contribution in [0, 0.1) is 0 Å². The Morgan fingerprint density at radius 2 is 1.42 bits per heavy atom. The number of likely N-dealkylation sites (N-methyl/N-ethyl adjacent to an activating group) is 1. The maximum atomic E-state index is 12.4. The summed E-state index contributed by atoms with van der Waals surface area (Å²) in [5, 5.41) is 0. The average Bonchev–Trinajstić information content (AvgIpc) is 2.86. The molecule has 0 saturated carbocycles. The zero-order valence-corrected chi connectivity index (χ0v) is 19.6. The van der Waals surface area contributed by atoms with Crippen LogP contribution in [-0.2, 0) is 17.6 Å². The molecule has 0 radical (unpaired) electrons. The number of hydrogen-bond donors (Lipinski definition) is 0. The number of Topliss-reactive ketones (excluding diaryl/α,β-unsaturated/α-hetero) is 1. The van der Waals surface area contributed by atoms with Gasteiger partial charge in [-0.15, -0.1) is 0 Å². The Bertz CT molecular complexity index is 992. The molecule has 4 nitrogen and oxygen atoms in total. The molecule has 0 spiro atoms. The highest BCUT2D eigenvalue weighted by Gasteiger charge is 2.13. The number of piperazine rings is 1. The Kier molecular flexibility index (Phi) is 8.29. The van der Waals surface area contributed by atoms with Crippen molar-refractivity contribution in [1.29, 1.82) is 0 Å². The van der Waals surface area contributed by atoms with E-state index >= 15 is 0 Å². The molecule has 1 aliphatic rings. The van der Waals surface area contributed by atoms with Crippen LogP contribution in [0.2, 0.25) is 0 Å². The second kappa shape index (κ2) is 11.8. The molecule has 3 aromatic rings. The van der Waals surface area contributed by atoms with Crippen LogP contribution in [0.15, 0.2) is 78.9 Å². The molecule has 1 aliphatic heterocycles. The lowest BCUT2D eigenvalue weighted by molar-refractivity contribution is -0.118. The van der Waals surface area contributed by atoms with Gasteiger partial charge in [-0.05, 0) is 47.9 Å². The fourth-order valence-corrected chi connectivity index (χ4v) is 4.17. The van der Waals surface area contributed by atoms with Gasteiger partial charge in [-0.25, -0.2) is 0 Å². The van der Waals surface area contributed by atoms with E-state index in [0.717, 1.165) is 68.2 Å². The minimum absolute atomic E-state index is 0.282. The van der Waals surface area contributed by atoms with Crippen LogP contribution >= 0.6 is 0 Å². The highest BCUT2D eigenvalue weighted by molar-refractivity contribution is 5.81. The first-order chi connectivity index (χ1) is 16.2. The summed E-state index contributed by atoms with van der Waals surface area (Å²) in [4.78, 5) is 17.2. The molecule has 1 fully saturated rings. The van der Waals surface area contributed by atoms with Crippen LogP contribution in [0.5, 0.6) is 5.75 Å². The molecule has 0 atom stereocenters. The molecule has 3 aromatic carbocycles. The van der Waals surface area contributed by atoms with Crippen LogP contribution in [0.1, 0.15) is 17.5 Å². The normalized spacial score (nSPS) is 14.8. The van der Waals surface area contributed by atoms with Crippen LogP contribution < -0.4 is 4.74 Å². The van der Waals surface area contributed by atoms with Crippen LogP contribution in [0.3, 0.4) is 0 Å². The summed E-state index contributed by atoms with van der Waals surface area (Å²) in [6.45, 7) is 6.20. The molecule has 1 heterocycles. The first-order valence-corrected chi connectivity index (χ1v) is 11.9. The number of ketones is 1. The van der Waals surface area contributed by atoms with Crippen molar-refractivity contribution in [3.05, 3.63) is 90.0 Å². The standard InChI is InChI=1S/C29H34N2O2/c1-30-17-19-31(20-18-30)21-22-33-29-15-12-27(13-16-29)26-10-7-25(8-11-26)23-28(32)14-9-24-5-3-2-4-6-24/h2-8,10-13,15-16H,9,14,17-23H2,1H3. The second-order valence-corrected chi connectivity index (χ2v) is 8.92. The molecule has 0 aromatic heterocycles. The van der Waals surface area contributed by atoms with Crippen molar-refractivity contribution >= 4 is 5.78 Å². The van der Waals surface area contributed by atoms with Gasteiger partial charge in [0, 0.05) is 45.6 Å². The Morgan fingerprint density at radius 3 is 2.09 bits per heavy atom. The molecule has 0 bridgehead atoms. The van der Waals surface area contributed by atoms with Crippen molar-refractivity contribution < 1.29 is 9.53 Å². The highest BCUT2D eigenvalue weighted by atomic mass is 16.5. The SMILES string of the molecule is CN1CCN(CCOc2ccc(-c3ccc(CC(=O)CCc4ccccc4)cc3)cc2)CC1. The number of rotatable bonds is 10. The molecule has 172 valence electrons. The maximum Gasteiger partial charge on any atom is 0.137 e. The number of aryl methyl sites for hydroxylation is 1. The summed E-state index contributed by atoms with van der Waals surface area (Å²) in [6.07, 6.45) is 1.89. The van der Waals surface area contributed by atoms with E-state index in [9.17, 15) is 4.79 Å². The van der Waals surface area contributed by atoms with E-state index in [1.165, 1.54) is 5.56 Å². The van der Waals surface area contributed by atoms with Gasteiger partial charge >= 0.3 is 0 Å². The summed E-state index contributed by atoms with van der Waals surface area (Å²) in [5.74, 6) is 1.19. The quantitative estimate of drug-likeness (QED) is 0.455. The topological polar surface area (TPSA) is 32.8 Å². The molecular formula is C29H34N2O2. The van der Waals surface area contributed by atoms with Crippen molar-refractivity contribution in [3.8, 4) is 16.9 Å². The second-order valence-electron chi connectivity index (χ2n) is 8.92. The van der Waals surface area contributed by atoms with Gasteiger partial charge in [-0.3, -0.25) is 9.69 Å². The lowest BCUT2D eigenvalue weighted by Crippen LogP contribution is -2.45. The van der Waals surface area contributed by atoms with E-state index in [-0.39, 0.29) is 5.78 Å². The van der Waals surface area contributed by atoms with Gasteiger partial charge in [0.25, 0.3) is 0 Å². The van der Waals surface area contributed by atoms with Crippen molar-refractivity contribution in [1.82, 2.24) is 9.80 Å². The third kappa shape index (κ3) is 7.28. The lowest BCUT2D eigenvalue weighted by atomic mass is 9.99. The first-order valence-electron chi connectivity index (χ1n) is 11.9. The largest absolute Gasteiger partial charge is 0.492 e. The van der Waals surface area contributed by atoms with E-state index in [2.05, 4.69) is 65.4 Å². The molecule has 0 N–H and O–H groups in total. The minimum atomic E-state index is 0.282. The van der Waals surface area contributed by atoms with E-state index in [1.807, 2.05) is 30.3 Å². The summed E-state index contributed by atoms with van der Waals surface area (Å²) >= 11 is 0. The van der Waals surface area contributed by atoms with Crippen molar-refractivity contribution in [2.24, 2.45) is 0 Å². The monoisotopic (exact) mass is 442 g/mol. The first kappa shape index (κ1) is 23.2. The molecule has 1 saturated heterocycles. The lowest BCUT2D eigenvalue weighted by Gasteiger charge is -2.32. The summed E-state index contributed by atoms with van der Waals surface area (Å²) in [5.41, 5.74) is 4.59. The summed E-state index contributed by atoms with van der Waals surface area (Å²) in [7, 11) is 2.18. The van der Waals surface area contributed by atoms with Gasteiger partial charge < -0.3 is 9.64 Å². The zero-order valence-electron chi connectivity index (χ0n) is 19.6. The molecule has 4 heteroatoms. The third-order valence-corrected chi connectivity index (χ3v) is 6.35. The van der Waals surface area contributed by atoms with Gasteiger partial charge in [0.05, 0.1) is 0 Å². The van der Waals surface area contributed by atoms with Gasteiger partial charge in [-0.2, -0.15) is 0 Å². The molecule has 33 heavy (non-hydrogen) atoms. The number of carbonyl (C=O) groups is 1. The summed E-state index contributed by atoms with van der Waals surface area (Å²) < 4.78 is 5.95. The number of carbonyl (C=O) groups excluding carboxylic acids is 1. The Balaban J connectivity index is 1.22. The average molecular weight is 443 g/mol. The van der Waals surface area contributed by atoms with Gasteiger partial charge in [0.15, 0.2) is 0 Å². The molecule has 0 unspecified atom stereocenters. The predicted octanol–water partition coefficient (Wildman–Crippen LogP) is 4.72. The molecule has 0 amide bonds. The van der Waals surface area contributed by atoms with E-state index < -0.39 is 0 Å². The van der Waals surface area contributed by atoms with Gasteiger partial charge in [-0.1, -0.05) is 66.7 Å². The highest BCUT2D eigenvalue weighted by Crippen LogP contribution is 2.23. The van der Waals surface area contributed by atoms with Gasteiger partial charge in [0.2, 0.25) is 0 Å². The number of benzene rings is 3. The zero-order chi connectivity index (χ0) is 22.9. The smallest absolute Gasteiger partial charge is 0.137 e. The molecular weight excluding hydrogens is 408 g/mol.